The van der Waals surface area contributed by atoms with E-state index >= 15 is 0 Å². The lowest BCUT2D eigenvalue weighted by molar-refractivity contribution is -0.119. The summed E-state index contributed by atoms with van der Waals surface area (Å²) in [5.41, 5.74) is 6.21. The molecule has 0 heterocycles. The van der Waals surface area contributed by atoms with Crippen molar-refractivity contribution in [2.75, 3.05) is 18.0 Å². The fraction of sp³-hybridized carbons (Fsp3) is 0.161. The zero-order valence-corrected chi connectivity index (χ0v) is 25.3. The number of benzene rings is 4. The minimum absolute atomic E-state index is 0.0859. The number of anilines is 1. The van der Waals surface area contributed by atoms with E-state index in [9.17, 15) is 13.2 Å². The first-order valence-electron chi connectivity index (χ1n) is 12.7. The molecule has 4 aromatic rings. The molecule has 0 aliphatic heterocycles. The van der Waals surface area contributed by atoms with Crippen molar-refractivity contribution < 1.29 is 22.7 Å². The number of carbonyl (C=O) groups excluding carboxylic acids is 1. The smallest absolute Gasteiger partial charge is 0.264 e. The Balaban J connectivity index is 1.50. The molecule has 1 N–H and O–H groups in total. The molecule has 212 valence electrons. The molecule has 0 aromatic heterocycles. The van der Waals surface area contributed by atoms with Crippen molar-refractivity contribution in [3.63, 3.8) is 0 Å². The summed E-state index contributed by atoms with van der Waals surface area (Å²) in [6.45, 7) is 3.63. The average Bonchev–Trinajstić information content (AvgIpc) is 2.96. The van der Waals surface area contributed by atoms with Crippen LogP contribution < -0.4 is 19.2 Å². The quantitative estimate of drug-likeness (QED) is 0.161. The fourth-order valence-corrected chi connectivity index (χ4v) is 6.21. The first-order chi connectivity index (χ1) is 19.7. The second kappa shape index (κ2) is 13.5. The summed E-state index contributed by atoms with van der Waals surface area (Å²) in [5, 5.41) is 4.06. The van der Waals surface area contributed by atoms with Crippen molar-refractivity contribution in [2.24, 2.45) is 5.10 Å². The van der Waals surface area contributed by atoms with Gasteiger partial charge in [-0.15, -0.1) is 0 Å². The maximum Gasteiger partial charge on any atom is 0.264 e. The van der Waals surface area contributed by atoms with Gasteiger partial charge in [0.1, 0.15) is 13.2 Å². The third-order valence-electron chi connectivity index (χ3n) is 6.12. The number of methoxy groups -OCH3 is 1. The number of rotatable bonds is 11. The van der Waals surface area contributed by atoms with Gasteiger partial charge in [0.25, 0.3) is 15.9 Å². The molecule has 41 heavy (non-hydrogen) atoms. The van der Waals surface area contributed by atoms with E-state index in [1.807, 2.05) is 56.3 Å². The summed E-state index contributed by atoms with van der Waals surface area (Å²) in [4.78, 5) is 13.0. The van der Waals surface area contributed by atoms with Gasteiger partial charge < -0.3 is 9.47 Å². The molecule has 4 rings (SSSR count). The van der Waals surface area contributed by atoms with Gasteiger partial charge in [-0.2, -0.15) is 5.10 Å². The number of carbonyl (C=O) groups is 1. The van der Waals surface area contributed by atoms with Crippen LogP contribution in [0.4, 0.5) is 5.69 Å². The Hall–Kier alpha value is -4.15. The van der Waals surface area contributed by atoms with Crippen molar-refractivity contribution in [3.8, 4) is 11.5 Å². The Kier molecular flexibility index (Phi) is 9.80. The van der Waals surface area contributed by atoms with E-state index in [1.165, 1.54) is 25.5 Å². The van der Waals surface area contributed by atoms with Gasteiger partial charge in [-0.1, -0.05) is 66.2 Å². The molecule has 0 aliphatic rings. The number of hydrogen-bond acceptors (Lipinski definition) is 6. The zero-order valence-electron chi connectivity index (χ0n) is 22.9. The van der Waals surface area contributed by atoms with Crippen molar-refractivity contribution >= 4 is 43.8 Å². The lowest BCUT2D eigenvalue weighted by Gasteiger charge is -2.25. The molecular formula is C31H30BrN3O5S. The van der Waals surface area contributed by atoms with Crippen LogP contribution in [-0.2, 0) is 21.4 Å². The second-order valence-electron chi connectivity index (χ2n) is 9.22. The molecule has 0 radical (unpaired) electrons. The number of hydrogen-bond donors (Lipinski definition) is 1. The number of hydrazone groups is 1. The van der Waals surface area contributed by atoms with Crippen molar-refractivity contribution in [3.05, 3.63) is 118 Å². The summed E-state index contributed by atoms with van der Waals surface area (Å²) in [5.74, 6) is 0.417. The van der Waals surface area contributed by atoms with Gasteiger partial charge in [0.15, 0.2) is 11.5 Å². The standard InChI is InChI=1S/C31H30BrN3O5S/c1-22-14-15-28(23(2)16-22)35(41(37,38)26-12-8-5-9-13-26)20-30(36)34-33-19-25-17-27(32)31(29(18-25)39-3)40-21-24-10-6-4-7-11-24/h4-19H,20-21H2,1-3H3,(H,34,36)/b33-19-. The average molecular weight is 637 g/mol. The molecule has 0 spiro atoms. The molecular weight excluding hydrogens is 606 g/mol. The SMILES string of the molecule is COc1cc(/C=N\NC(=O)CN(c2ccc(C)cc2C)S(=O)(=O)c2ccccc2)cc(Br)c1OCc1ccccc1. The van der Waals surface area contributed by atoms with E-state index in [4.69, 9.17) is 9.47 Å². The van der Waals surface area contributed by atoms with E-state index in [2.05, 4.69) is 26.5 Å². The maximum atomic E-state index is 13.6. The van der Waals surface area contributed by atoms with Crippen LogP contribution in [0, 0.1) is 13.8 Å². The van der Waals surface area contributed by atoms with E-state index in [0.29, 0.717) is 33.8 Å². The maximum absolute atomic E-state index is 13.6. The molecule has 0 bridgehead atoms. The van der Waals surface area contributed by atoms with Crippen molar-refractivity contribution in [1.82, 2.24) is 5.43 Å². The Morgan fingerprint density at radius 3 is 2.32 bits per heavy atom. The zero-order chi connectivity index (χ0) is 29.4. The molecule has 4 aromatic carbocycles. The lowest BCUT2D eigenvalue weighted by Crippen LogP contribution is -2.40. The predicted octanol–water partition coefficient (Wildman–Crippen LogP) is 6.00. The largest absolute Gasteiger partial charge is 0.493 e. The molecule has 8 nitrogen and oxygen atoms in total. The van der Waals surface area contributed by atoms with Crippen LogP contribution in [0.1, 0.15) is 22.3 Å². The molecule has 0 atom stereocenters. The minimum atomic E-state index is -4.02. The minimum Gasteiger partial charge on any atom is -0.493 e. The van der Waals surface area contributed by atoms with Gasteiger partial charge in [0.2, 0.25) is 0 Å². The van der Waals surface area contributed by atoms with Crippen LogP contribution >= 0.6 is 15.9 Å². The van der Waals surface area contributed by atoms with Crippen LogP contribution in [0.15, 0.2) is 105 Å². The van der Waals surface area contributed by atoms with Gasteiger partial charge in [-0.3, -0.25) is 9.10 Å². The monoisotopic (exact) mass is 635 g/mol. The van der Waals surface area contributed by atoms with Gasteiger partial charge >= 0.3 is 0 Å². The first kappa shape index (κ1) is 29.8. The molecule has 0 saturated heterocycles. The van der Waals surface area contributed by atoms with Crippen LogP contribution in [0.3, 0.4) is 0 Å². The highest BCUT2D eigenvalue weighted by atomic mass is 79.9. The lowest BCUT2D eigenvalue weighted by atomic mass is 10.1. The molecule has 0 saturated carbocycles. The highest BCUT2D eigenvalue weighted by Gasteiger charge is 2.28. The Labute approximate surface area is 248 Å². The Bertz CT molecular complexity index is 1650. The van der Waals surface area contributed by atoms with Gasteiger partial charge in [0, 0.05) is 0 Å². The fourth-order valence-electron chi connectivity index (χ4n) is 4.13. The van der Waals surface area contributed by atoms with Gasteiger partial charge in [-0.25, -0.2) is 13.8 Å². The molecule has 0 unspecified atom stereocenters. The number of ether oxygens (including phenoxy) is 2. The molecule has 1 amide bonds. The summed E-state index contributed by atoms with van der Waals surface area (Å²) < 4.78 is 40.3. The Morgan fingerprint density at radius 2 is 1.66 bits per heavy atom. The number of aryl methyl sites for hydroxylation is 2. The normalized spacial score (nSPS) is 11.3. The topological polar surface area (TPSA) is 97.3 Å². The summed E-state index contributed by atoms with van der Waals surface area (Å²) in [7, 11) is -2.49. The van der Waals surface area contributed by atoms with E-state index < -0.39 is 22.5 Å². The molecule has 0 fully saturated rings. The van der Waals surface area contributed by atoms with E-state index in [-0.39, 0.29) is 4.90 Å². The van der Waals surface area contributed by atoms with Crippen LogP contribution in [0.2, 0.25) is 0 Å². The summed E-state index contributed by atoms with van der Waals surface area (Å²) in [6.07, 6.45) is 1.44. The number of halogens is 1. The highest BCUT2D eigenvalue weighted by Crippen LogP contribution is 2.37. The van der Waals surface area contributed by atoms with Crippen LogP contribution in [0.5, 0.6) is 11.5 Å². The van der Waals surface area contributed by atoms with Crippen molar-refractivity contribution in [2.45, 2.75) is 25.3 Å². The summed E-state index contributed by atoms with van der Waals surface area (Å²) in [6, 6.07) is 26.7. The number of amides is 1. The number of sulfonamides is 1. The van der Waals surface area contributed by atoms with Gasteiger partial charge in [-0.05, 0) is 76.8 Å². The van der Waals surface area contributed by atoms with Gasteiger partial charge in [0.05, 0.1) is 28.4 Å². The highest BCUT2D eigenvalue weighted by molar-refractivity contribution is 9.10. The number of nitrogens with zero attached hydrogens (tertiary/aromatic N) is 2. The number of nitrogens with one attached hydrogen (secondary N) is 1. The third kappa shape index (κ3) is 7.53. The predicted molar refractivity (Wildman–Crippen MR) is 164 cm³/mol. The van der Waals surface area contributed by atoms with Crippen molar-refractivity contribution in [1.29, 1.82) is 0 Å². The molecule has 0 aliphatic carbocycles. The second-order valence-corrected chi connectivity index (χ2v) is 11.9. The molecule has 10 heteroatoms. The summed E-state index contributed by atoms with van der Waals surface area (Å²) >= 11 is 3.52. The van der Waals surface area contributed by atoms with Crippen LogP contribution in [0.25, 0.3) is 0 Å². The van der Waals surface area contributed by atoms with Crippen LogP contribution in [-0.4, -0.2) is 34.2 Å². The van der Waals surface area contributed by atoms with E-state index in [1.54, 1.807) is 36.4 Å². The Morgan fingerprint density at radius 1 is 0.976 bits per heavy atom. The first-order valence-corrected chi connectivity index (χ1v) is 14.9. The third-order valence-corrected chi connectivity index (χ3v) is 8.48. The van der Waals surface area contributed by atoms with E-state index in [0.717, 1.165) is 21.0 Å².